The standard InChI is InChI=1S/C23H28N6O3/c1-14-4-5-15(2)29(14)21(31)17-6-7-19(26-12-17)16(3)27-22(32)23(8-9-23)28-20(30)18-10-24-13-25-11-18/h6-7,10-16H,4-5,8-9H2,1-3H3,(H,27,32)(H,28,30). The second-order valence-electron chi connectivity index (χ2n) is 8.82. The Bertz CT molecular complexity index is 996. The van der Waals surface area contributed by atoms with Gasteiger partial charge >= 0.3 is 0 Å². The van der Waals surface area contributed by atoms with Crippen LogP contribution in [0.1, 0.15) is 78.9 Å². The van der Waals surface area contributed by atoms with E-state index in [0.29, 0.717) is 29.7 Å². The van der Waals surface area contributed by atoms with Gasteiger partial charge in [0.05, 0.1) is 22.9 Å². The Morgan fingerprint density at radius 3 is 2.25 bits per heavy atom. The Morgan fingerprint density at radius 1 is 1.03 bits per heavy atom. The van der Waals surface area contributed by atoms with Crippen molar-refractivity contribution in [2.24, 2.45) is 0 Å². The van der Waals surface area contributed by atoms with Crippen molar-refractivity contribution in [3.63, 3.8) is 0 Å². The first-order valence-electron chi connectivity index (χ1n) is 11.0. The van der Waals surface area contributed by atoms with Crippen LogP contribution in [0.15, 0.2) is 37.1 Å². The predicted molar refractivity (Wildman–Crippen MR) is 117 cm³/mol. The molecule has 2 aromatic heterocycles. The summed E-state index contributed by atoms with van der Waals surface area (Å²) in [5.41, 5.74) is 0.585. The minimum atomic E-state index is -0.918. The van der Waals surface area contributed by atoms with Crippen LogP contribution in [0.5, 0.6) is 0 Å². The number of carbonyl (C=O) groups excluding carboxylic acids is 3. The third-order valence-corrected chi connectivity index (χ3v) is 6.37. The average Bonchev–Trinajstić information content (AvgIpc) is 3.51. The second kappa shape index (κ2) is 8.64. The summed E-state index contributed by atoms with van der Waals surface area (Å²) in [4.78, 5) is 52.1. The molecule has 3 amide bonds. The molecule has 1 aliphatic heterocycles. The largest absolute Gasteiger partial charge is 0.346 e. The van der Waals surface area contributed by atoms with E-state index < -0.39 is 5.54 Å². The summed E-state index contributed by atoms with van der Waals surface area (Å²) in [5.74, 6) is -0.642. The molecule has 2 fully saturated rings. The highest BCUT2D eigenvalue weighted by Crippen LogP contribution is 2.36. The van der Waals surface area contributed by atoms with Gasteiger partial charge in [-0.15, -0.1) is 0 Å². The second-order valence-corrected chi connectivity index (χ2v) is 8.82. The normalized spacial score (nSPS) is 22.2. The van der Waals surface area contributed by atoms with Crippen LogP contribution in [0.25, 0.3) is 0 Å². The van der Waals surface area contributed by atoms with Gasteiger partial charge in [0, 0.05) is 30.7 Å². The van der Waals surface area contributed by atoms with Crippen molar-refractivity contribution < 1.29 is 14.4 Å². The zero-order valence-electron chi connectivity index (χ0n) is 18.5. The number of amides is 3. The molecule has 1 saturated carbocycles. The number of rotatable bonds is 6. The van der Waals surface area contributed by atoms with Gasteiger partial charge in [-0.2, -0.15) is 0 Å². The number of hydrogen-bond acceptors (Lipinski definition) is 6. The summed E-state index contributed by atoms with van der Waals surface area (Å²) in [7, 11) is 0. The molecule has 3 unspecified atom stereocenters. The van der Waals surface area contributed by atoms with Gasteiger partial charge in [-0.1, -0.05) is 0 Å². The maximum Gasteiger partial charge on any atom is 0.255 e. The molecule has 0 bridgehead atoms. The summed E-state index contributed by atoms with van der Waals surface area (Å²) < 4.78 is 0. The number of nitrogens with one attached hydrogen (secondary N) is 2. The molecule has 3 heterocycles. The Kier molecular flexibility index (Phi) is 5.90. The van der Waals surface area contributed by atoms with Crippen molar-refractivity contribution in [1.82, 2.24) is 30.5 Å². The highest BCUT2D eigenvalue weighted by atomic mass is 16.2. The third-order valence-electron chi connectivity index (χ3n) is 6.37. The van der Waals surface area contributed by atoms with E-state index >= 15 is 0 Å². The van der Waals surface area contributed by atoms with Gasteiger partial charge < -0.3 is 15.5 Å². The summed E-state index contributed by atoms with van der Waals surface area (Å²) in [6, 6.07) is 3.61. The van der Waals surface area contributed by atoms with E-state index in [-0.39, 0.29) is 35.8 Å². The Morgan fingerprint density at radius 2 is 1.69 bits per heavy atom. The Balaban J connectivity index is 1.37. The maximum absolute atomic E-state index is 12.9. The summed E-state index contributed by atoms with van der Waals surface area (Å²) in [5, 5.41) is 5.73. The van der Waals surface area contributed by atoms with Crippen molar-refractivity contribution in [2.45, 2.75) is 70.1 Å². The van der Waals surface area contributed by atoms with Crippen molar-refractivity contribution in [1.29, 1.82) is 0 Å². The SMILES string of the molecule is CC(NC(=O)C1(NC(=O)c2cncnc2)CC1)c1ccc(C(=O)N2C(C)CCC2C)cn1. The van der Waals surface area contributed by atoms with E-state index in [2.05, 4.69) is 39.4 Å². The lowest BCUT2D eigenvalue weighted by Crippen LogP contribution is -2.49. The lowest BCUT2D eigenvalue weighted by Gasteiger charge is -2.26. The van der Waals surface area contributed by atoms with Crippen LogP contribution in [-0.2, 0) is 4.79 Å². The first-order chi connectivity index (χ1) is 15.3. The van der Waals surface area contributed by atoms with Gasteiger partial charge in [0.15, 0.2) is 0 Å². The molecule has 0 radical (unpaired) electrons. The average molecular weight is 437 g/mol. The number of likely N-dealkylation sites (tertiary alicyclic amines) is 1. The van der Waals surface area contributed by atoms with Crippen LogP contribution in [0.3, 0.4) is 0 Å². The van der Waals surface area contributed by atoms with Gasteiger partial charge in [0.1, 0.15) is 11.9 Å². The topological polar surface area (TPSA) is 117 Å². The van der Waals surface area contributed by atoms with E-state index in [1.54, 1.807) is 18.3 Å². The van der Waals surface area contributed by atoms with Crippen molar-refractivity contribution in [3.05, 3.63) is 53.9 Å². The maximum atomic E-state index is 12.9. The fraction of sp³-hybridized carbons (Fsp3) is 0.478. The number of carbonyl (C=O) groups is 3. The number of pyridine rings is 1. The van der Waals surface area contributed by atoms with Gasteiger partial charge in [0.25, 0.3) is 11.8 Å². The minimum Gasteiger partial charge on any atom is -0.346 e. The third kappa shape index (κ3) is 4.32. The molecule has 4 rings (SSSR count). The van der Waals surface area contributed by atoms with Crippen LogP contribution in [0, 0.1) is 0 Å². The van der Waals surface area contributed by atoms with E-state index in [0.717, 1.165) is 12.8 Å². The van der Waals surface area contributed by atoms with Crippen LogP contribution < -0.4 is 10.6 Å². The smallest absolute Gasteiger partial charge is 0.255 e. The molecule has 0 spiro atoms. The van der Waals surface area contributed by atoms with Crippen molar-refractivity contribution in [3.8, 4) is 0 Å². The lowest BCUT2D eigenvalue weighted by atomic mass is 10.1. The first-order valence-corrected chi connectivity index (χ1v) is 11.0. The molecule has 9 nitrogen and oxygen atoms in total. The highest BCUT2D eigenvalue weighted by molar-refractivity contribution is 6.00. The number of aromatic nitrogens is 3. The van der Waals surface area contributed by atoms with Gasteiger partial charge in [-0.05, 0) is 58.6 Å². The quantitative estimate of drug-likeness (QED) is 0.716. The van der Waals surface area contributed by atoms with Crippen molar-refractivity contribution >= 4 is 17.7 Å². The highest BCUT2D eigenvalue weighted by Gasteiger charge is 2.51. The van der Waals surface area contributed by atoms with Crippen LogP contribution in [-0.4, -0.2) is 55.2 Å². The molecule has 0 aromatic carbocycles. The molecular weight excluding hydrogens is 408 g/mol. The zero-order chi connectivity index (χ0) is 22.9. The molecule has 2 N–H and O–H groups in total. The summed E-state index contributed by atoms with van der Waals surface area (Å²) in [6.45, 7) is 5.96. The molecule has 168 valence electrons. The van der Waals surface area contributed by atoms with E-state index in [1.807, 2.05) is 11.8 Å². The molecule has 2 aliphatic rings. The Hall–Kier alpha value is -3.36. The van der Waals surface area contributed by atoms with Gasteiger partial charge in [-0.25, -0.2) is 9.97 Å². The predicted octanol–water partition coefficient (Wildman–Crippen LogP) is 2.02. The van der Waals surface area contributed by atoms with E-state index in [9.17, 15) is 14.4 Å². The first kappa shape index (κ1) is 21.9. The summed E-state index contributed by atoms with van der Waals surface area (Å²) in [6.07, 6.45) is 8.90. The molecule has 32 heavy (non-hydrogen) atoms. The number of nitrogens with zero attached hydrogens (tertiary/aromatic N) is 4. The van der Waals surface area contributed by atoms with Crippen LogP contribution in [0.4, 0.5) is 0 Å². The van der Waals surface area contributed by atoms with E-state index in [4.69, 9.17) is 0 Å². The van der Waals surface area contributed by atoms with Gasteiger partial charge in [0.2, 0.25) is 5.91 Å². The van der Waals surface area contributed by atoms with Crippen molar-refractivity contribution in [2.75, 3.05) is 0 Å². The molecule has 2 aromatic rings. The Labute approximate surface area is 187 Å². The number of hydrogen-bond donors (Lipinski definition) is 2. The minimum absolute atomic E-state index is 0.0113. The van der Waals surface area contributed by atoms with Crippen LogP contribution >= 0.6 is 0 Å². The lowest BCUT2D eigenvalue weighted by molar-refractivity contribution is -0.124. The van der Waals surface area contributed by atoms with Gasteiger partial charge in [-0.3, -0.25) is 19.4 Å². The molecular formula is C23H28N6O3. The fourth-order valence-corrected chi connectivity index (χ4v) is 4.18. The molecule has 9 heteroatoms. The molecule has 3 atom stereocenters. The van der Waals surface area contributed by atoms with E-state index in [1.165, 1.54) is 18.7 Å². The molecule has 1 saturated heterocycles. The monoisotopic (exact) mass is 436 g/mol. The zero-order valence-corrected chi connectivity index (χ0v) is 18.5. The van der Waals surface area contributed by atoms with Crippen LogP contribution in [0.2, 0.25) is 0 Å². The molecule has 1 aliphatic carbocycles. The summed E-state index contributed by atoms with van der Waals surface area (Å²) >= 11 is 0. The fourth-order valence-electron chi connectivity index (χ4n) is 4.18.